The van der Waals surface area contributed by atoms with Gasteiger partial charge in [-0.1, -0.05) is 72.8 Å². The Balaban J connectivity index is 1.58. The highest BCUT2D eigenvalue weighted by Crippen LogP contribution is 2.28. The van der Waals surface area contributed by atoms with E-state index < -0.39 is 6.10 Å². The number of carbonyl (C=O) groups excluding carboxylic acids is 1. The zero-order valence-corrected chi connectivity index (χ0v) is 18.9. The molecule has 4 nitrogen and oxygen atoms in total. The Morgan fingerprint density at radius 2 is 1.38 bits per heavy atom. The van der Waals surface area contributed by atoms with Gasteiger partial charge >= 0.3 is 5.97 Å². The van der Waals surface area contributed by atoms with Crippen LogP contribution in [0.5, 0.6) is 5.75 Å². The number of rotatable bonds is 12. The van der Waals surface area contributed by atoms with E-state index in [2.05, 4.69) is 48.5 Å². The quantitative estimate of drug-likeness (QED) is 0.339. The summed E-state index contributed by atoms with van der Waals surface area (Å²) in [5, 5.41) is 0. The van der Waals surface area contributed by atoms with Gasteiger partial charge in [0.1, 0.15) is 5.75 Å². The van der Waals surface area contributed by atoms with E-state index in [1.807, 2.05) is 43.3 Å². The van der Waals surface area contributed by atoms with E-state index in [1.54, 1.807) is 6.92 Å². The van der Waals surface area contributed by atoms with E-state index in [-0.39, 0.29) is 11.9 Å². The van der Waals surface area contributed by atoms with E-state index >= 15 is 0 Å². The Kier molecular flexibility index (Phi) is 9.33. The van der Waals surface area contributed by atoms with Crippen LogP contribution in [-0.2, 0) is 20.7 Å². The highest BCUT2D eigenvalue weighted by atomic mass is 16.6. The van der Waals surface area contributed by atoms with Gasteiger partial charge in [-0.2, -0.15) is 0 Å². The monoisotopic (exact) mass is 432 g/mol. The second kappa shape index (κ2) is 12.7. The molecule has 0 aliphatic carbocycles. The maximum atomic E-state index is 12.1. The standard InChI is InChI=1S/C28H32O4/c1-3-30-27(28(29)31-4-2)21-22-15-17-25(18-16-22)32-20-19-26(23-11-7-5-8-12-23)24-13-9-6-10-14-24/h5-18,26-27H,3-4,19-21H2,1-2H3. The number of hydrogen-bond donors (Lipinski definition) is 0. The minimum absolute atomic E-state index is 0.285. The molecule has 1 unspecified atom stereocenters. The van der Waals surface area contributed by atoms with E-state index in [0.29, 0.717) is 26.2 Å². The molecule has 0 spiro atoms. The molecule has 0 saturated carbocycles. The molecule has 3 rings (SSSR count). The van der Waals surface area contributed by atoms with Crippen LogP contribution >= 0.6 is 0 Å². The summed E-state index contributed by atoms with van der Waals surface area (Å²) in [6, 6.07) is 28.9. The van der Waals surface area contributed by atoms with Gasteiger partial charge in [-0.25, -0.2) is 4.79 Å². The zero-order valence-electron chi connectivity index (χ0n) is 18.9. The molecule has 32 heavy (non-hydrogen) atoms. The number of benzene rings is 3. The molecule has 3 aromatic carbocycles. The van der Waals surface area contributed by atoms with E-state index in [0.717, 1.165) is 17.7 Å². The lowest BCUT2D eigenvalue weighted by molar-refractivity contribution is -0.156. The van der Waals surface area contributed by atoms with Gasteiger partial charge in [0, 0.05) is 18.9 Å². The summed E-state index contributed by atoms with van der Waals surface area (Å²) >= 11 is 0. The third-order valence-electron chi connectivity index (χ3n) is 5.34. The Morgan fingerprint density at radius 1 is 0.781 bits per heavy atom. The number of carbonyl (C=O) groups is 1. The van der Waals surface area contributed by atoms with Crippen molar-refractivity contribution in [1.82, 2.24) is 0 Å². The molecule has 0 aliphatic rings. The topological polar surface area (TPSA) is 44.8 Å². The molecule has 0 bridgehead atoms. The molecule has 0 fully saturated rings. The predicted molar refractivity (Wildman–Crippen MR) is 127 cm³/mol. The lowest BCUT2D eigenvalue weighted by atomic mass is 9.89. The minimum atomic E-state index is -0.579. The predicted octanol–water partition coefficient (Wildman–Crippen LogP) is 5.80. The van der Waals surface area contributed by atoms with Crippen LogP contribution in [0, 0.1) is 0 Å². The fraction of sp³-hybridized carbons (Fsp3) is 0.321. The van der Waals surface area contributed by atoms with Crippen LogP contribution in [0.3, 0.4) is 0 Å². The van der Waals surface area contributed by atoms with Crippen molar-refractivity contribution < 1.29 is 19.0 Å². The first-order valence-corrected chi connectivity index (χ1v) is 11.3. The Morgan fingerprint density at radius 3 is 1.91 bits per heavy atom. The van der Waals surface area contributed by atoms with Crippen LogP contribution in [-0.4, -0.2) is 31.9 Å². The van der Waals surface area contributed by atoms with Crippen LogP contribution < -0.4 is 4.74 Å². The first-order valence-electron chi connectivity index (χ1n) is 11.3. The average molecular weight is 433 g/mol. The summed E-state index contributed by atoms with van der Waals surface area (Å²) in [6.45, 7) is 5.10. The smallest absolute Gasteiger partial charge is 0.335 e. The SMILES string of the molecule is CCOC(=O)C(Cc1ccc(OCCC(c2ccccc2)c2ccccc2)cc1)OCC. The Hall–Kier alpha value is -3.11. The first-order chi connectivity index (χ1) is 15.7. The van der Waals surface area contributed by atoms with Crippen molar-refractivity contribution in [3.05, 3.63) is 102 Å². The molecular formula is C28H32O4. The Bertz CT molecular complexity index is 883. The summed E-state index contributed by atoms with van der Waals surface area (Å²) in [5.74, 6) is 0.786. The van der Waals surface area contributed by atoms with Crippen LogP contribution in [0.4, 0.5) is 0 Å². The lowest BCUT2D eigenvalue weighted by Gasteiger charge is -2.19. The second-order valence-electron chi connectivity index (χ2n) is 7.56. The van der Waals surface area contributed by atoms with Crippen LogP contribution in [0.1, 0.15) is 42.9 Å². The maximum Gasteiger partial charge on any atom is 0.335 e. The van der Waals surface area contributed by atoms with Crippen LogP contribution in [0.25, 0.3) is 0 Å². The van der Waals surface area contributed by atoms with Crippen molar-refractivity contribution in [2.24, 2.45) is 0 Å². The van der Waals surface area contributed by atoms with Gasteiger partial charge in [-0.3, -0.25) is 0 Å². The fourth-order valence-electron chi connectivity index (χ4n) is 3.77. The van der Waals surface area contributed by atoms with Gasteiger partial charge in [-0.15, -0.1) is 0 Å². The largest absolute Gasteiger partial charge is 0.494 e. The molecule has 0 heterocycles. The van der Waals surface area contributed by atoms with E-state index in [9.17, 15) is 4.79 Å². The third kappa shape index (κ3) is 6.96. The van der Waals surface area contributed by atoms with Crippen molar-refractivity contribution in [1.29, 1.82) is 0 Å². The molecule has 0 N–H and O–H groups in total. The van der Waals surface area contributed by atoms with Crippen molar-refractivity contribution in [2.75, 3.05) is 19.8 Å². The summed E-state index contributed by atoms with van der Waals surface area (Å²) in [4.78, 5) is 12.1. The van der Waals surface area contributed by atoms with Gasteiger partial charge in [-0.05, 0) is 49.1 Å². The number of ether oxygens (including phenoxy) is 3. The summed E-state index contributed by atoms with van der Waals surface area (Å²) in [5.41, 5.74) is 3.59. The van der Waals surface area contributed by atoms with Crippen LogP contribution in [0.2, 0.25) is 0 Å². The first kappa shape index (κ1) is 23.6. The number of esters is 1. The van der Waals surface area contributed by atoms with Crippen molar-refractivity contribution in [3.63, 3.8) is 0 Å². The summed E-state index contributed by atoms with van der Waals surface area (Å²) in [6.07, 6.45) is 0.784. The fourth-order valence-corrected chi connectivity index (χ4v) is 3.77. The molecule has 3 aromatic rings. The molecule has 4 heteroatoms. The molecule has 0 saturated heterocycles. The third-order valence-corrected chi connectivity index (χ3v) is 5.34. The molecule has 0 amide bonds. The summed E-state index contributed by atoms with van der Waals surface area (Å²) < 4.78 is 16.7. The van der Waals surface area contributed by atoms with Gasteiger partial charge in [0.05, 0.1) is 13.2 Å². The molecule has 0 aliphatic heterocycles. The summed E-state index contributed by atoms with van der Waals surface area (Å²) in [7, 11) is 0. The highest BCUT2D eigenvalue weighted by Gasteiger charge is 2.20. The normalized spacial score (nSPS) is 11.8. The molecule has 168 valence electrons. The van der Waals surface area contributed by atoms with Crippen molar-refractivity contribution in [2.45, 2.75) is 38.7 Å². The number of hydrogen-bond acceptors (Lipinski definition) is 4. The van der Waals surface area contributed by atoms with Gasteiger partial charge < -0.3 is 14.2 Å². The van der Waals surface area contributed by atoms with Crippen molar-refractivity contribution in [3.8, 4) is 5.75 Å². The molecular weight excluding hydrogens is 400 g/mol. The highest BCUT2D eigenvalue weighted by molar-refractivity contribution is 5.75. The lowest BCUT2D eigenvalue weighted by Crippen LogP contribution is -2.28. The van der Waals surface area contributed by atoms with Gasteiger partial charge in [0.15, 0.2) is 6.10 Å². The van der Waals surface area contributed by atoms with Gasteiger partial charge in [0.25, 0.3) is 0 Å². The van der Waals surface area contributed by atoms with E-state index in [4.69, 9.17) is 14.2 Å². The van der Waals surface area contributed by atoms with Gasteiger partial charge in [0.2, 0.25) is 0 Å². The zero-order chi connectivity index (χ0) is 22.6. The molecule has 0 aromatic heterocycles. The van der Waals surface area contributed by atoms with E-state index in [1.165, 1.54) is 11.1 Å². The average Bonchev–Trinajstić information content (AvgIpc) is 2.84. The Labute approximate surface area is 191 Å². The van der Waals surface area contributed by atoms with Crippen LogP contribution in [0.15, 0.2) is 84.9 Å². The molecule has 1 atom stereocenters. The second-order valence-corrected chi connectivity index (χ2v) is 7.56. The minimum Gasteiger partial charge on any atom is -0.494 e. The van der Waals surface area contributed by atoms with Crippen molar-refractivity contribution >= 4 is 5.97 Å². The molecule has 0 radical (unpaired) electrons. The maximum absolute atomic E-state index is 12.1.